The van der Waals surface area contributed by atoms with E-state index in [-0.39, 0.29) is 23.5 Å². The van der Waals surface area contributed by atoms with Gasteiger partial charge < -0.3 is 30.8 Å². The Labute approximate surface area is 302 Å². The molecule has 7 nitrogen and oxygen atoms in total. The van der Waals surface area contributed by atoms with Gasteiger partial charge in [-0.15, -0.1) is 0 Å². The fraction of sp³-hybridized carbons (Fsp3) is 0.791. The normalized spacial score (nSPS) is 35.8. The van der Waals surface area contributed by atoms with E-state index in [0.29, 0.717) is 43.2 Å². The first-order valence-electron chi connectivity index (χ1n) is 20.2. The molecule has 4 aliphatic carbocycles. The summed E-state index contributed by atoms with van der Waals surface area (Å²) in [7, 11) is 0. The van der Waals surface area contributed by atoms with E-state index in [1.54, 1.807) is 5.57 Å². The molecule has 0 amide bonds. The summed E-state index contributed by atoms with van der Waals surface area (Å²) < 4.78 is 19.0. The van der Waals surface area contributed by atoms with Gasteiger partial charge in [-0.3, -0.25) is 4.79 Å². The van der Waals surface area contributed by atoms with Gasteiger partial charge in [0.25, 0.3) is 5.79 Å². The van der Waals surface area contributed by atoms with Crippen LogP contribution in [0.5, 0.6) is 11.5 Å². The van der Waals surface area contributed by atoms with Crippen molar-refractivity contribution in [3.8, 4) is 11.5 Å². The zero-order chi connectivity index (χ0) is 36.0. The molecule has 0 bridgehead atoms. The Morgan fingerprint density at radius 3 is 2.54 bits per heavy atom. The largest absolute Gasteiger partial charge is 0.491 e. The lowest BCUT2D eigenvalue weighted by Crippen LogP contribution is -2.50. The number of fused-ring (bicyclic) bond motifs is 6. The van der Waals surface area contributed by atoms with Crippen LogP contribution in [0.4, 0.5) is 0 Å². The maximum absolute atomic E-state index is 13.4. The molecule has 5 N–H and O–H groups in total. The maximum Gasteiger partial charge on any atom is 0.309 e. The molecule has 1 aromatic rings. The Morgan fingerprint density at radius 2 is 1.78 bits per heavy atom. The lowest BCUT2D eigenvalue weighted by molar-refractivity contribution is -0.197. The molecule has 0 aromatic heterocycles. The SMILES string of the molecule is Cc1c(C)c2c(c(C)c1OC[C@H](N)CCCCN)CC[C@@](C)(OC(=O)CC[C@@H](C)[C@H]1CC[C@H]3[C@@H]4CC=C5C[C@H](O)CC[C@]5(C)[C@H]4CC[C@]13C)O2. The number of esters is 1. The van der Waals surface area contributed by atoms with Crippen molar-refractivity contribution >= 4 is 5.97 Å². The number of carbonyl (C=O) groups excluding carboxylic acids is 1. The van der Waals surface area contributed by atoms with Gasteiger partial charge in [0.05, 0.1) is 6.10 Å². The average Bonchev–Trinajstić information content (AvgIpc) is 3.43. The number of rotatable bonds is 12. The van der Waals surface area contributed by atoms with E-state index in [1.165, 1.54) is 32.1 Å². The van der Waals surface area contributed by atoms with Crippen LogP contribution >= 0.6 is 0 Å². The van der Waals surface area contributed by atoms with Crippen molar-refractivity contribution in [2.75, 3.05) is 13.2 Å². The highest BCUT2D eigenvalue weighted by atomic mass is 16.7. The highest BCUT2D eigenvalue weighted by Crippen LogP contribution is 2.67. The molecular formula is C43H68N2O5. The number of allylic oxidation sites excluding steroid dienone is 1. The molecule has 3 saturated carbocycles. The monoisotopic (exact) mass is 693 g/mol. The van der Waals surface area contributed by atoms with Crippen LogP contribution in [0, 0.1) is 61.2 Å². The molecule has 0 unspecified atom stereocenters. The van der Waals surface area contributed by atoms with Crippen LogP contribution in [0.2, 0.25) is 0 Å². The molecule has 280 valence electrons. The number of ether oxygens (including phenoxy) is 3. The van der Waals surface area contributed by atoms with Gasteiger partial charge in [-0.05, 0) is 161 Å². The fourth-order valence-electron chi connectivity index (χ4n) is 11.8. The van der Waals surface area contributed by atoms with Crippen LogP contribution in [0.25, 0.3) is 0 Å². The zero-order valence-electron chi connectivity index (χ0n) is 32.4. The lowest BCUT2D eigenvalue weighted by atomic mass is 9.47. The van der Waals surface area contributed by atoms with E-state index >= 15 is 0 Å². The van der Waals surface area contributed by atoms with E-state index in [1.807, 2.05) is 6.92 Å². The van der Waals surface area contributed by atoms with Crippen molar-refractivity contribution in [2.24, 2.45) is 51.9 Å². The van der Waals surface area contributed by atoms with Crippen LogP contribution < -0.4 is 20.9 Å². The third kappa shape index (κ3) is 7.01. The molecule has 50 heavy (non-hydrogen) atoms. The smallest absolute Gasteiger partial charge is 0.309 e. The average molecular weight is 693 g/mol. The van der Waals surface area contributed by atoms with E-state index in [0.717, 1.165) is 103 Å². The summed E-state index contributed by atoms with van der Waals surface area (Å²) in [4.78, 5) is 13.4. The van der Waals surface area contributed by atoms with Crippen molar-refractivity contribution in [2.45, 2.75) is 163 Å². The van der Waals surface area contributed by atoms with Crippen molar-refractivity contribution in [1.29, 1.82) is 0 Å². The molecule has 1 aliphatic heterocycles. The standard InChI is InChI=1S/C43H68N2O5/c1-26(35-14-15-36-34-13-12-30-24-32(46)17-20-41(30,5)37(34)19-21-42(35,36)6)11-16-38(47)49-43(7)22-18-33-29(4)39(27(2)28(3)40(33)50-43)48-25-31(45)10-8-9-23-44/h12,26,31-32,34-37,46H,8-11,13-25,44-45H2,1-7H3/t26-,31-,32-,34+,35-,36+,37+,41+,42-,43+/m1/s1. The maximum atomic E-state index is 13.4. The first-order valence-corrected chi connectivity index (χ1v) is 20.2. The highest BCUT2D eigenvalue weighted by molar-refractivity contribution is 5.70. The summed E-state index contributed by atoms with van der Waals surface area (Å²) >= 11 is 0. The summed E-state index contributed by atoms with van der Waals surface area (Å²) in [5.74, 6) is 3.99. The van der Waals surface area contributed by atoms with Gasteiger partial charge >= 0.3 is 5.97 Å². The Bertz CT molecular complexity index is 1440. The van der Waals surface area contributed by atoms with Gasteiger partial charge in [-0.25, -0.2) is 0 Å². The van der Waals surface area contributed by atoms with E-state index in [4.69, 9.17) is 25.7 Å². The van der Waals surface area contributed by atoms with Crippen LogP contribution in [0.1, 0.15) is 140 Å². The third-order valence-corrected chi connectivity index (χ3v) is 14.9. The molecule has 7 heteroatoms. The number of aliphatic hydroxyl groups is 1. The van der Waals surface area contributed by atoms with Gasteiger partial charge in [-0.2, -0.15) is 0 Å². The Balaban J connectivity index is 1.04. The van der Waals surface area contributed by atoms with E-state index in [2.05, 4.69) is 47.6 Å². The second-order valence-electron chi connectivity index (χ2n) is 18.0. The number of unbranched alkanes of at least 4 members (excludes halogenated alkanes) is 1. The molecule has 0 saturated heterocycles. The number of nitrogens with two attached hydrogens (primary N) is 2. The topological polar surface area (TPSA) is 117 Å². The Hall–Kier alpha value is -2.09. The molecule has 1 heterocycles. The quantitative estimate of drug-likeness (QED) is 0.114. The molecule has 1 aromatic carbocycles. The number of benzene rings is 1. The fourth-order valence-corrected chi connectivity index (χ4v) is 11.8. The number of hydrogen-bond acceptors (Lipinski definition) is 7. The van der Waals surface area contributed by atoms with Crippen molar-refractivity contribution in [3.05, 3.63) is 33.9 Å². The summed E-state index contributed by atoms with van der Waals surface area (Å²) in [5.41, 5.74) is 18.5. The van der Waals surface area contributed by atoms with Crippen LogP contribution in [-0.2, 0) is 16.0 Å². The second kappa shape index (κ2) is 14.7. The third-order valence-electron chi connectivity index (χ3n) is 14.9. The van der Waals surface area contributed by atoms with Crippen LogP contribution in [0.15, 0.2) is 11.6 Å². The molecule has 0 spiro atoms. The zero-order valence-corrected chi connectivity index (χ0v) is 32.4. The Morgan fingerprint density at radius 1 is 1.00 bits per heavy atom. The first-order chi connectivity index (χ1) is 23.7. The van der Waals surface area contributed by atoms with Gasteiger partial charge in [0.15, 0.2) is 0 Å². The van der Waals surface area contributed by atoms with Gasteiger partial charge in [0.2, 0.25) is 0 Å². The number of aliphatic hydroxyl groups excluding tert-OH is 1. The number of carbonyl (C=O) groups is 1. The first kappa shape index (κ1) is 37.7. The molecular weight excluding hydrogens is 624 g/mol. The minimum absolute atomic E-state index is 0.0226. The van der Waals surface area contributed by atoms with Crippen molar-refractivity contribution in [1.82, 2.24) is 0 Å². The van der Waals surface area contributed by atoms with Crippen molar-refractivity contribution in [3.63, 3.8) is 0 Å². The van der Waals surface area contributed by atoms with Crippen LogP contribution in [0.3, 0.4) is 0 Å². The summed E-state index contributed by atoms with van der Waals surface area (Å²) in [5, 5.41) is 10.4. The molecule has 0 radical (unpaired) electrons. The predicted molar refractivity (Wildman–Crippen MR) is 200 cm³/mol. The summed E-state index contributed by atoms with van der Waals surface area (Å²) in [6.07, 6.45) is 17.3. The summed E-state index contributed by atoms with van der Waals surface area (Å²) in [6.45, 7) is 16.8. The van der Waals surface area contributed by atoms with Gasteiger partial charge in [0, 0.05) is 31.4 Å². The molecule has 3 fully saturated rings. The Kier molecular flexibility index (Phi) is 11.1. The number of hydrogen-bond donors (Lipinski definition) is 3. The minimum atomic E-state index is -0.980. The lowest BCUT2D eigenvalue weighted by Gasteiger charge is -2.58. The molecule has 5 aliphatic rings. The van der Waals surface area contributed by atoms with Gasteiger partial charge in [0.1, 0.15) is 18.1 Å². The summed E-state index contributed by atoms with van der Waals surface area (Å²) in [6, 6.07) is -0.0226. The highest BCUT2D eigenvalue weighted by Gasteiger charge is 2.59. The van der Waals surface area contributed by atoms with Crippen molar-refractivity contribution < 1.29 is 24.1 Å². The van der Waals surface area contributed by atoms with Gasteiger partial charge in [-0.1, -0.05) is 38.8 Å². The van der Waals surface area contributed by atoms with E-state index in [9.17, 15) is 9.90 Å². The predicted octanol–water partition coefficient (Wildman–Crippen LogP) is 8.39. The molecule has 10 atom stereocenters. The second-order valence-corrected chi connectivity index (χ2v) is 18.0. The van der Waals surface area contributed by atoms with Crippen LogP contribution in [-0.4, -0.2) is 42.2 Å². The van der Waals surface area contributed by atoms with E-state index < -0.39 is 5.79 Å². The minimum Gasteiger partial charge on any atom is -0.491 e. The molecule has 6 rings (SSSR count).